The number of rotatable bonds is 4. The van der Waals surface area contributed by atoms with Crippen LogP contribution >= 0.6 is 11.6 Å². The second-order valence-corrected chi connectivity index (χ2v) is 7.36. The molecule has 1 fully saturated rings. The van der Waals surface area contributed by atoms with Crippen LogP contribution in [0, 0.1) is 0 Å². The first kappa shape index (κ1) is 19.1. The average Bonchev–Trinajstić information content (AvgIpc) is 3.25. The molecule has 1 aliphatic rings. The summed E-state index contributed by atoms with van der Waals surface area (Å²) in [7, 11) is 0. The highest BCUT2D eigenvalue weighted by molar-refractivity contribution is 6.46. The van der Waals surface area contributed by atoms with E-state index in [1.807, 2.05) is 31.2 Å². The fraction of sp³-hybridized carbons (Fsp3) is 0.182. The maximum Gasteiger partial charge on any atom is 0.295 e. The van der Waals surface area contributed by atoms with Crippen LogP contribution in [0.15, 0.2) is 54.2 Å². The van der Waals surface area contributed by atoms with E-state index >= 15 is 0 Å². The molecule has 0 bridgehead atoms. The summed E-state index contributed by atoms with van der Waals surface area (Å²) in [5, 5.41) is 21.7. The lowest BCUT2D eigenvalue weighted by atomic mass is 9.95. The average molecular weight is 411 g/mol. The van der Waals surface area contributed by atoms with Crippen molar-refractivity contribution >= 4 is 40.0 Å². The van der Waals surface area contributed by atoms with Crippen LogP contribution in [-0.4, -0.2) is 38.3 Å². The third kappa shape index (κ3) is 3.06. The number of nitrogens with zero attached hydrogens (tertiary/aromatic N) is 1. The molecule has 29 heavy (non-hydrogen) atoms. The molecule has 2 heterocycles. The molecule has 0 aliphatic carbocycles. The van der Waals surface area contributed by atoms with Gasteiger partial charge in [0, 0.05) is 29.2 Å². The number of hydrogen-bond donors (Lipinski definition) is 3. The Kier molecular flexibility index (Phi) is 4.80. The number of Topliss-reactive ketones (excluding diaryl/α,β-unsaturated/α-hetero) is 1. The first-order valence-corrected chi connectivity index (χ1v) is 9.65. The van der Waals surface area contributed by atoms with Crippen molar-refractivity contribution in [1.29, 1.82) is 0 Å². The normalized spacial score (nSPS) is 18.7. The predicted octanol–water partition coefficient (Wildman–Crippen LogP) is 4.36. The summed E-state index contributed by atoms with van der Waals surface area (Å²) in [5.41, 5.74) is 1.81. The Labute approximate surface area is 172 Å². The van der Waals surface area contributed by atoms with Gasteiger partial charge in [0.25, 0.3) is 11.7 Å². The smallest absolute Gasteiger partial charge is 0.295 e. The van der Waals surface area contributed by atoms with Crippen molar-refractivity contribution in [1.82, 2.24) is 9.88 Å². The number of halogens is 1. The van der Waals surface area contributed by atoms with Crippen LogP contribution in [0.3, 0.4) is 0 Å². The van der Waals surface area contributed by atoms with E-state index in [0.29, 0.717) is 24.1 Å². The summed E-state index contributed by atoms with van der Waals surface area (Å²) >= 11 is 6.07. The van der Waals surface area contributed by atoms with Gasteiger partial charge >= 0.3 is 0 Å². The van der Waals surface area contributed by atoms with E-state index in [4.69, 9.17) is 11.6 Å². The van der Waals surface area contributed by atoms with E-state index in [0.717, 1.165) is 10.9 Å². The van der Waals surface area contributed by atoms with Crippen LogP contribution < -0.4 is 0 Å². The summed E-state index contributed by atoms with van der Waals surface area (Å²) in [6, 6.07) is 11.1. The number of para-hydroxylation sites is 1. The highest BCUT2D eigenvalue weighted by Crippen LogP contribution is 2.42. The number of amides is 1. The van der Waals surface area contributed by atoms with Crippen molar-refractivity contribution in [2.75, 3.05) is 6.54 Å². The minimum atomic E-state index is -0.790. The van der Waals surface area contributed by atoms with Crippen LogP contribution in [0.5, 0.6) is 5.75 Å². The van der Waals surface area contributed by atoms with Gasteiger partial charge in [-0.3, -0.25) is 9.59 Å². The topological polar surface area (TPSA) is 93.6 Å². The number of aliphatic hydroxyl groups is 1. The molecule has 4 rings (SSSR count). The number of carbonyl (C=O) groups excluding carboxylic acids is 2. The number of ketones is 1. The van der Waals surface area contributed by atoms with Crippen LogP contribution in [0.1, 0.15) is 30.5 Å². The van der Waals surface area contributed by atoms with Crippen LogP contribution in [0.2, 0.25) is 5.02 Å². The molecule has 148 valence electrons. The molecule has 3 N–H and O–H groups in total. The van der Waals surface area contributed by atoms with Gasteiger partial charge in [0.2, 0.25) is 0 Å². The molecule has 1 amide bonds. The number of fused-ring (bicyclic) bond motifs is 1. The Hall–Kier alpha value is -3.25. The van der Waals surface area contributed by atoms with Gasteiger partial charge in [0.05, 0.1) is 16.6 Å². The number of benzene rings is 2. The number of aliphatic hydroxyl groups excluding tert-OH is 1. The van der Waals surface area contributed by atoms with E-state index in [2.05, 4.69) is 4.98 Å². The molecule has 1 atom stereocenters. The van der Waals surface area contributed by atoms with Gasteiger partial charge in [0.1, 0.15) is 11.5 Å². The standard InChI is InChI=1S/C22H19ClN2O4/c1-2-9-25-19(12-7-8-17(26)15(23)10-12)18(21(28)22(25)29)20(27)14-11-24-16-6-4-3-5-13(14)16/h3-8,10-11,19,24,26-27H,2,9H2,1H3/b20-18-. The minimum Gasteiger partial charge on any atom is -0.507 e. The number of likely N-dealkylation sites (tertiary alicyclic amines) is 1. The maximum absolute atomic E-state index is 12.9. The van der Waals surface area contributed by atoms with Crippen LogP contribution in [0.25, 0.3) is 16.7 Å². The number of carbonyl (C=O) groups is 2. The van der Waals surface area contributed by atoms with Crippen molar-refractivity contribution in [3.05, 3.63) is 70.4 Å². The number of H-pyrrole nitrogens is 1. The highest BCUT2D eigenvalue weighted by Gasteiger charge is 2.46. The van der Waals surface area contributed by atoms with E-state index in [1.54, 1.807) is 12.3 Å². The zero-order chi connectivity index (χ0) is 20.7. The van der Waals surface area contributed by atoms with E-state index in [1.165, 1.54) is 17.0 Å². The molecule has 1 aliphatic heterocycles. The van der Waals surface area contributed by atoms with Gasteiger partial charge in [-0.1, -0.05) is 42.8 Å². The summed E-state index contributed by atoms with van der Waals surface area (Å²) in [6.07, 6.45) is 2.26. The van der Waals surface area contributed by atoms with E-state index in [-0.39, 0.29) is 22.1 Å². The SMILES string of the molecule is CCCN1C(=O)C(=O)/C(=C(\O)c2c[nH]c3ccccc23)C1c1ccc(O)c(Cl)c1. The Bertz CT molecular complexity index is 1160. The van der Waals surface area contributed by atoms with E-state index in [9.17, 15) is 19.8 Å². The van der Waals surface area contributed by atoms with E-state index < -0.39 is 17.7 Å². The van der Waals surface area contributed by atoms with Gasteiger partial charge in [-0.25, -0.2) is 0 Å². The fourth-order valence-electron chi connectivity index (χ4n) is 3.80. The summed E-state index contributed by atoms with van der Waals surface area (Å²) in [5.74, 6) is -1.74. The lowest BCUT2D eigenvalue weighted by Gasteiger charge is -2.25. The minimum absolute atomic E-state index is 0.00922. The lowest BCUT2D eigenvalue weighted by molar-refractivity contribution is -0.139. The first-order valence-electron chi connectivity index (χ1n) is 9.27. The zero-order valence-electron chi connectivity index (χ0n) is 15.6. The lowest BCUT2D eigenvalue weighted by Crippen LogP contribution is -2.30. The molecule has 1 saturated heterocycles. The molecular formula is C22H19ClN2O4. The molecular weight excluding hydrogens is 392 g/mol. The number of nitrogens with one attached hydrogen (secondary N) is 1. The number of phenolic OH excluding ortho intramolecular Hbond substituents is 1. The summed E-state index contributed by atoms with van der Waals surface area (Å²) in [6.45, 7) is 2.25. The number of aromatic nitrogens is 1. The number of hydrogen-bond acceptors (Lipinski definition) is 4. The number of phenols is 1. The van der Waals surface area contributed by atoms with Gasteiger partial charge in [-0.05, 0) is 30.2 Å². The van der Waals surface area contributed by atoms with Crippen molar-refractivity contribution < 1.29 is 19.8 Å². The maximum atomic E-state index is 12.9. The summed E-state index contributed by atoms with van der Waals surface area (Å²) in [4.78, 5) is 30.1. The molecule has 2 aromatic carbocycles. The van der Waals surface area contributed by atoms with Gasteiger partial charge in [-0.15, -0.1) is 0 Å². The molecule has 0 radical (unpaired) electrons. The van der Waals surface area contributed by atoms with Gasteiger partial charge in [0.15, 0.2) is 0 Å². The highest BCUT2D eigenvalue weighted by atomic mass is 35.5. The van der Waals surface area contributed by atoms with Crippen molar-refractivity contribution in [3.8, 4) is 5.75 Å². The molecule has 1 unspecified atom stereocenters. The number of aromatic hydroxyl groups is 1. The fourth-order valence-corrected chi connectivity index (χ4v) is 3.99. The third-order valence-corrected chi connectivity index (χ3v) is 5.44. The monoisotopic (exact) mass is 410 g/mol. The molecule has 0 saturated carbocycles. The molecule has 1 aromatic heterocycles. The quantitative estimate of drug-likeness (QED) is 0.338. The predicted molar refractivity (Wildman–Crippen MR) is 111 cm³/mol. The van der Waals surface area contributed by atoms with Gasteiger partial charge < -0.3 is 20.1 Å². The third-order valence-electron chi connectivity index (χ3n) is 5.14. The second-order valence-electron chi connectivity index (χ2n) is 6.95. The largest absolute Gasteiger partial charge is 0.507 e. The summed E-state index contributed by atoms with van der Waals surface area (Å²) < 4.78 is 0. The van der Waals surface area contributed by atoms with Gasteiger partial charge in [-0.2, -0.15) is 0 Å². The first-order chi connectivity index (χ1) is 13.9. The molecule has 3 aromatic rings. The number of aromatic amines is 1. The Morgan fingerprint density at radius 2 is 1.97 bits per heavy atom. The van der Waals surface area contributed by atoms with Crippen molar-refractivity contribution in [2.24, 2.45) is 0 Å². The van der Waals surface area contributed by atoms with Crippen LogP contribution in [0.4, 0.5) is 0 Å². The zero-order valence-corrected chi connectivity index (χ0v) is 16.4. The Morgan fingerprint density at radius 1 is 1.21 bits per heavy atom. The van der Waals surface area contributed by atoms with Crippen molar-refractivity contribution in [2.45, 2.75) is 19.4 Å². The Balaban J connectivity index is 1.94. The molecule has 7 heteroatoms. The van der Waals surface area contributed by atoms with Crippen LogP contribution in [-0.2, 0) is 9.59 Å². The molecule has 0 spiro atoms. The molecule has 6 nitrogen and oxygen atoms in total. The van der Waals surface area contributed by atoms with Crippen molar-refractivity contribution in [3.63, 3.8) is 0 Å². The second kappa shape index (κ2) is 7.29. The Morgan fingerprint density at radius 3 is 2.69 bits per heavy atom.